The third-order valence-corrected chi connectivity index (χ3v) is 15.2. The summed E-state index contributed by atoms with van der Waals surface area (Å²) in [6.07, 6.45) is 79.2. The van der Waals surface area contributed by atoms with Crippen molar-refractivity contribution < 1.29 is 24.5 Å². The molecule has 2 atom stereocenters. The van der Waals surface area contributed by atoms with Crippen LogP contribution in [0.15, 0.2) is 36.5 Å². The molecule has 0 aromatic heterocycles. The number of nitrogens with one attached hydrogen (secondary N) is 1. The topological polar surface area (TPSA) is 95.9 Å². The molecule has 2 unspecified atom stereocenters. The molecular weight excluding hydrogens is 899 g/mol. The van der Waals surface area contributed by atoms with E-state index in [1.807, 2.05) is 6.08 Å². The Bertz CT molecular complexity index is 1180. The molecule has 0 aromatic rings. The van der Waals surface area contributed by atoms with E-state index >= 15 is 0 Å². The lowest BCUT2D eigenvalue weighted by molar-refractivity contribution is -0.143. The molecule has 0 fully saturated rings. The van der Waals surface area contributed by atoms with Gasteiger partial charge in [-0.15, -0.1) is 0 Å². The zero-order valence-electron chi connectivity index (χ0n) is 49.1. The van der Waals surface area contributed by atoms with Gasteiger partial charge >= 0.3 is 5.97 Å². The van der Waals surface area contributed by atoms with Gasteiger partial charge in [-0.2, -0.15) is 0 Å². The summed E-state index contributed by atoms with van der Waals surface area (Å²) in [5.74, 6) is -0.0535. The van der Waals surface area contributed by atoms with Gasteiger partial charge in [0.15, 0.2) is 0 Å². The molecule has 0 spiro atoms. The highest BCUT2D eigenvalue weighted by Crippen LogP contribution is 2.17. The van der Waals surface area contributed by atoms with Crippen molar-refractivity contribution in [3.8, 4) is 0 Å². The van der Waals surface area contributed by atoms with Crippen molar-refractivity contribution in [2.24, 2.45) is 0 Å². The Morgan fingerprint density at radius 2 is 0.685 bits per heavy atom. The van der Waals surface area contributed by atoms with Gasteiger partial charge in [-0.3, -0.25) is 9.59 Å². The summed E-state index contributed by atoms with van der Waals surface area (Å²) in [5, 5.41) is 23.1. The van der Waals surface area contributed by atoms with Crippen molar-refractivity contribution in [3.63, 3.8) is 0 Å². The summed E-state index contributed by atoms with van der Waals surface area (Å²) in [7, 11) is 0. The highest BCUT2D eigenvalue weighted by atomic mass is 16.5. The van der Waals surface area contributed by atoms with Crippen LogP contribution in [-0.2, 0) is 14.3 Å². The molecule has 0 aromatic carbocycles. The van der Waals surface area contributed by atoms with E-state index in [1.54, 1.807) is 6.08 Å². The van der Waals surface area contributed by atoms with E-state index in [-0.39, 0.29) is 18.5 Å². The molecule has 0 radical (unpaired) electrons. The highest BCUT2D eigenvalue weighted by Gasteiger charge is 2.18. The van der Waals surface area contributed by atoms with Gasteiger partial charge in [-0.25, -0.2) is 0 Å². The monoisotopic (exact) mass is 1030 g/mol. The van der Waals surface area contributed by atoms with Crippen molar-refractivity contribution in [2.45, 2.75) is 366 Å². The summed E-state index contributed by atoms with van der Waals surface area (Å²) in [6, 6.07) is -0.627. The number of aliphatic hydroxyl groups is 2. The standard InChI is InChI=1S/C67H127NO5/c1-3-5-7-9-11-13-15-16-36-40-43-47-51-55-59-65(70)64(63-69)68-66(71)60-56-52-48-44-41-37-34-32-30-28-26-24-22-20-18-17-19-21-23-25-27-29-31-33-35-38-42-46-50-54-58-62-73-67(72)61-57-53-49-45-39-14-12-10-8-6-4-2/h19,21,25,27,55,59,64-65,69-70H,3-18,20,22-24,26,28-54,56-58,60-63H2,1-2H3,(H,68,71)/b21-19-,27-25-,59-55+. The van der Waals surface area contributed by atoms with Crippen LogP contribution in [-0.4, -0.2) is 47.4 Å². The van der Waals surface area contributed by atoms with Gasteiger partial charge in [0.1, 0.15) is 0 Å². The van der Waals surface area contributed by atoms with E-state index in [1.165, 1.54) is 283 Å². The molecule has 0 aliphatic carbocycles. The SMILES string of the molecule is CCCCCCCCCCCCCC/C=C/C(O)C(CO)NC(=O)CCCCCCCCCCCCCCCCC/C=C\C/C=C\CCCCCCCCCCCOC(=O)CCCCCCCCCCCCC. The van der Waals surface area contributed by atoms with Crippen molar-refractivity contribution >= 4 is 11.9 Å². The molecule has 73 heavy (non-hydrogen) atoms. The molecule has 0 aliphatic heterocycles. The van der Waals surface area contributed by atoms with Crippen LogP contribution in [0.3, 0.4) is 0 Å². The Kier molecular flexibility index (Phi) is 61.0. The summed E-state index contributed by atoms with van der Waals surface area (Å²) in [6.45, 7) is 4.91. The first-order valence-electron chi connectivity index (χ1n) is 32.8. The molecule has 0 rings (SSSR count). The van der Waals surface area contributed by atoms with Crippen LogP contribution >= 0.6 is 0 Å². The number of amides is 1. The van der Waals surface area contributed by atoms with Gasteiger partial charge in [0, 0.05) is 12.8 Å². The average molecular weight is 1030 g/mol. The first kappa shape index (κ1) is 71.1. The molecule has 0 saturated heterocycles. The van der Waals surface area contributed by atoms with Gasteiger partial charge in [0.2, 0.25) is 5.91 Å². The number of hydrogen-bond acceptors (Lipinski definition) is 5. The number of aliphatic hydroxyl groups excluding tert-OH is 2. The van der Waals surface area contributed by atoms with Gasteiger partial charge < -0.3 is 20.3 Å². The zero-order chi connectivity index (χ0) is 52.9. The van der Waals surface area contributed by atoms with Crippen molar-refractivity contribution in [2.75, 3.05) is 13.2 Å². The zero-order valence-corrected chi connectivity index (χ0v) is 49.1. The maximum Gasteiger partial charge on any atom is 0.305 e. The number of hydrogen-bond donors (Lipinski definition) is 3. The van der Waals surface area contributed by atoms with Gasteiger partial charge in [-0.05, 0) is 64.2 Å². The molecule has 430 valence electrons. The second-order valence-electron chi connectivity index (χ2n) is 22.5. The number of esters is 1. The molecule has 6 heteroatoms. The smallest absolute Gasteiger partial charge is 0.305 e. The van der Waals surface area contributed by atoms with E-state index < -0.39 is 12.1 Å². The quantitative estimate of drug-likeness (QED) is 0.0320. The molecule has 3 N–H and O–H groups in total. The molecule has 6 nitrogen and oxygen atoms in total. The minimum absolute atomic E-state index is 0.0126. The van der Waals surface area contributed by atoms with Crippen molar-refractivity contribution in [1.82, 2.24) is 5.32 Å². The largest absolute Gasteiger partial charge is 0.466 e. The number of rotatable bonds is 61. The molecule has 0 heterocycles. The first-order valence-corrected chi connectivity index (χ1v) is 32.8. The van der Waals surface area contributed by atoms with Crippen LogP contribution in [0.2, 0.25) is 0 Å². The van der Waals surface area contributed by atoms with Crippen LogP contribution in [0, 0.1) is 0 Å². The summed E-state index contributed by atoms with van der Waals surface area (Å²) in [4.78, 5) is 24.5. The summed E-state index contributed by atoms with van der Waals surface area (Å²) in [5.41, 5.74) is 0. The van der Waals surface area contributed by atoms with Crippen molar-refractivity contribution in [1.29, 1.82) is 0 Å². The van der Waals surface area contributed by atoms with Crippen LogP contribution in [0.1, 0.15) is 354 Å². The lowest BCUT2D eigenvalue weighted by Crippen LogP contribution is -2.45. The third-order valence-electron chi connectivity index (χ3n) is 15.2. The van der Waals surface area contributed by atoms with E-state index in [2.05, 4.69) is 43.5 Å². The number of ether oxygens (including phenoxy) is 1. The first-order chi connectivity index (χ1) is 36.0. The fourth-order valence-electron chi connectivity index (χ4n) is 10.1. The minimum Gasteiger partial charge on any atom is -0.466 e. The Hall–Kier alpha value is -1.92. The normalized spacial score (nSPS) is 12.8. The van der Waals surface area contributed by atoms with E-state index in [0.29, 0.717) is 19.4 Å². The number of carbonyl (C=O) groups is 2. The maximum atomic E-state index is 12.5. The van der Waals surface area contributed by atoms with Gasteiger partial charge in [0.25, 0.3) is 0 Å². The van der Waals surface area contributed by atoms with E-state index in [0.717, 1.165) is 44.9 Å². The molecule has 1 amide bonds. The average Bonchev–Trinajstić information content (AvgIpc) is 3.39. The predicted molar refractivity (Wildman–Crippen MR) is 319 cm³/mol. The van der Waals surface area contributed by atoms with Gasteiger partial charge in [0.05, 0.1) is 25.4 Å². The van der Waals surface area contributed by atoms with Crippen LogP contribution < -0.4 is 5.32 Å². The van der Waals surface area contributed by atoms with Crippen LogP contribution in [0.4, 0.5) is 0 Å². The lowest BCUT2D eigenvalue weighted by atomic mass is 10.0. The fourth-order valence-corrected chi connectivity index (χ4v) is 10.1. The maximum absolute atomic E-state index is 12.5. The highest BCUT2D eigenvalue weighted by molar-refractivity contribution is 5.76. The number of carbonyl (C=O) groups excluding carboxylic acids is 2. The Balaban J connectivity index is 3.41. The Morgan fingerprint density at radius 3 is 1.04 bits per heavy atom. The molecule has 0 aliphatic rings. The Labute approximate surface area is 455 Å². The van der Waals surface area contributed by atoms with Gasteiger partial charge in [-0.1, -0.05) is 314 Å². The lowest BCUT2D eigenvalue weighted by Gasteiger charge is -2.20. The fraction of sp³-hybridized carbons (Fsp3) is 0.881. The predicted octanol–water partition coefficient (Wildman–Crippen LogP) is 20.8. The number of allylic oxidation sites excluding steroid dienone is 5. The summed E-state index contributed by atoms with van der Waals surface area (Å²) < 4.78 is 5.47. The van der Waals surface area contributed by atoms with E-state index in [4.69, 9.17) is 4.74 Å². The number of unbranched alkanes of at least 4 members (excludes halogenated alkanes) is 46. The van der Waals surface area contributed by atoms with Crippen LogP contribution in [0.25, 0.3) is 0 Å². The Morgan fingerprint density at radius 1 is 0.384 bits per heavy atom. The molecule has 0 saturated carbocycles. The molecular formula is C67H127NO5. The second kappa shape index (κ2) is 62.6. The minimum atomic E-state index is -0.843. The molecule has 0 bridgehead atoms. The second-order valence-corrected chi connectivity index (χ2v) is 22.5. The summed E-state index contributed by atoms with van der Waals surface area (Å²) >= 11 is 0. The van der Waals surface area contributed by atoms with Crippen LogP contribution in [0.5, 0.6) is 0 Å². The van der Waals surface area contributed by atoms with E-state index in [9.17, 15) is 19.8 Å². The van der Waals surface area contributed by atoms with Crippen molar-refractivity contribution in [3.05, 3.63) is 36.5 Å². The third kappa shape index (κ3) is 59.2.